The Labute approximate surface area is 113 Å². The van der Waals surface area contributed by atoms with Crippen LogP contribution < -0.4 is 5.73 Å². The fraction of sp³-hybridized carbons (Fsp3) is 0.250. The molecule has 0 spiro atoms. The summed E-state index contributed by atoms with van der Waals surface area (Å²) in [4.78, 5) is 1.21. The third-order valence-electron chi connectivity index (χ3n) is 3.23. The molecule has 1 nitrogen and oxygen atoms in total. The lowest BCUT2D eigenvalue weighted by atomic mass is 10.0. The van der Waals surface area contributed by atoms with Gasteiger partial charge in [0.05, 0.1) is 0 Å². The van der Waals surface area contributed by atoms with Crippen molar-refractivity contribution in [1.82, 2.24) is 0 Å². The number of hydrogen-bond acceptors (Lipinski definition) is 2. The Morgan fingerprint density at radius 1 is 1.06 bits per heavy atom. The van der Waals surface area contributed by atoms with Gasteiger partial charge in [-0.15, -0.1) is 11.8 Å². The van der Waals surface area contributed by atoms with Crippen molar-refractivity contribution in [3.05, 3.63) is 58.1 Å². The standard InChI is InChI=1S/C16H19NS/c1-11-8-9-14(10-18-13(3)12(2)17)16-7-5-4-6-15(11)16/h4-9H,10,17H2,1-3H3/b13-12-. The summed E-state index contributed by atoms with van der Waals surface area (Å²) in [5, 5.41) is 2.70. The highest BCUT2D eigenvalue weighted by atomic mass is 32.2. The maximum atomic E-state index is 5.80. The molecule has 0 saturated heterocycles. The van der Waals surface area contributed by atoms with Crippen molar-refractivity contribution < 1.29 is 0 Å². The molecule has 0 unspecified atom stereocenters. The molecule has 2 aromatic rings. The Morgan fingerprint density at radius 2 is 1.72 bits per heavy atom. The predicted molar refractivity (Wildman–Crippen MR) is 82.5 cm³/mol. The highest BCUT2D eigenvalue weighted by Crippen LogP contribution is 2.28. The van der Waals surface area contributed by atoms with E-state index in [2.05, 4.69) is 50.2 Å². The summed E-state index contributed by atoms with van der Waals surface area (Å²) in [6.45, 7) is 6.19. The van der Waals surface area contributed by atoms with Crippen LogP contribution in [0.2, 0.25) is 0 Å². The summed E-state index contributed by atoms with van der Waals surface area (Å²) in [7, 11) is 0. The van der Waals surface area contributed by atoms with E-state index in [0.29, 0.717) is 0 Å². The van der Waals surface area contributed by atoms with E-state index < -0.39 is 0 Å². The molecule has 18 heavy (non-hydrogen) atoms. The van der Waals surface area contributed by atoms with Gasteiger partial charge in [0.25, 0.3) is 0 Å². The molecule has 0 aliphatic carbocycles. The van der Waals surface area contributed by atoms with Crippen LogP contribution in [0.5, 0.6) is 0 Å². The molecule has 0 bridgehead atoms. The highest BCUT2D eigenvalue weighted by molar-refractivity contribution is 8.02. The van der Waals surface area contributed by atoms with Crippen LogP contribution >= 0.6 is 11.8 Å². The largest absolute Gasteiger partial charge is 0.402 e. The van der Waals surface area contributed by atoms with Crippen LogP contribution in [0.4, 0.5) is 0 Å². The third-order valence-corrected chi connectivity index (χ3v) is 4.44. The van der Waals surface area contributed by atoms with Gasteiger partial charge in [0.15, 0.2) is 0 Å². The summed E-state index contributed by atoms with van der Waals surface area (Å²) in [6, 6.07) is 13.0. The zero-order valence-electron chi connectivity index (χ0n) is 11.2. The van der Waals surface area contributed by atoms with E-state index in [4.69, 9.17) is 5.73 Å². The summed E-state index contributed by atoms with van der Waals surface area (Å²) in [6.07, 6.45) is 0. The second kappa shape index (κ2) is 5.49. The molecule has 0 aliphatic heterocycles. The molecule has 2 heteroatoms. The number of hydrogen-bond donors (Lipinski definition) is 1. The lowest BCUT2D eigenvalue weighted by Gasteiger charge is -2.09. The van der Waals surface area contributed by atoms with Gasteiger partial charge in [0, 0.05) is 16.4 Å². The van der Waals surface area contributed by atoms with E-state index >= 15 is 0 Å². The monoisotopic (exact) mass is 257 g/mol. The van der Waals surface area contributed by atoms with Crippen molar-refractivity contribution in [3.63, 3.8) is 0 Å². The number of nitrogens with two attached hydrogens (primary N) is 1. The summed E-state index contributed by atoms with van der Waals surface area (Å²) in [5.41, 5.74) is 9.42. The predicted octanol–water partition coefficient (Wildman–Crippen LogP) is 4.59. The number of rotatable bonds is 3. The first-order valence-electron chi connectivity index (χ1n) is 6.12. The number of fused-ring (bicyclic) bond motifs is 1. The Hall–Kier alpha value is -1.41. The molecule has 0 atom stereocenters. The van der Waals surface area contributed by atoms with Gasteiger partial charge in [0.2, 0.25) is 0 Å². The van der Waals surface area contributed by atoms with Crippen molar-refractivity contribution in [2.75, 3.05) is 0 Å². The first-order chi connectivity index (χ1) is 8.59. The van der Waals surface area contributed by atoms with Gasteiger partial charge in [-0.3, -0.25) is 0 Å². The maximum absolute atomic E-state index is 5.80. The molecule has 2 rings (SSSR count). The quantitative estimate of drug-likeness (QED) is 0.870. The third kappa shape index (κ3) is 2.70. The summed E-state index contributed by atoms with van der Waals surface area (Å²) >= 11 is 1.81. The van der Waals surface area contributed by atoms with Gasteiger partial charge in [-0.25, -0.2) is 0 Å². The van der Waals surface area contributed by atoms with Crippen LogP contribution in [0.1, 0.15) is 25.0 Å². The van der Waals surface area contributed by atoms with Crippen LogP contribution in [0.25, 0.3) is 10.8 Å². The van der Waals surface area contributed by atoms with E-state index in [1.54, 1.807) is 0 Å². The first-order valence-corrected chi connectivity index (χ1v) is 7.11. The molecule has 94 valence electrons. The minimum Gasteiger partial charge on any atom is -0.402 e. The van der Waals surface area contributed by atoms with Crippen molar-refractivity contribution in [3.8, 4) is 0 Å². The molecule has 0 fully saturated rings. The van der Waals surface area contributed by atoms with Gasteiger partial charge in [-0.05, 0) is 42.7 Å². The van der Waals surface area contributed by atoms with E-state index in [0.717, 1.165) is 11.4 Å². The second-order valence-electron chi connectivity index (χ2n) is 4.62. The summed E-state index contributed by atoms with van der Waals surface area (Å²) < 4.78 is 0. The van der Waals surface area contributed by atoms with Gasteiger partial charge in [-0.1, -0.05) is 36.4 Å². The van der Waals surface area contributed by atoms with Crippen LogP contribution in [0, 0.1) is 6.92 Å². The highest BCUT2D eigenvalue weighted by Gasteiger charge is 2.04. The molecule has 2 N–H and O–H groups in total. The van der Waals surface area contributed by atoms with Crippen LogP contribution in [-0.2, 0) is 5.75 Å². The van der Waals surface area contributed by atoms with E-state index in [1.165, 1.54) is 26.8 Å². The van der Waals surface area contributed by atoms with Gasteiger partial charge in [0.1, 0.15) is 0 Å². The van der Waals surface area contributed by atoms with E-state index in [9.17, 15) is 0 Å². The average Bonchev–Trinajstić information content (AvgIpc) is 2.38. The van der Waals surface area contributed by atoms with Crippen molar-refractivity contribution in [1.29, 1.82) is 0 Å². The molecular formula is C16H19NS. The Morgan fingerprint density at radius 3 is 2.39 bits per heavy atom. The average molecular weight is 257 g/mol. The smallest absolute Gasteiger partial charge is 0.0235 e. The maximum Gasteiger partial charge on any atom is 0.0235 e. The molecule has 0 aliphatic rings. The van der Waals surface area contributed by atoms with Crippen molar-refractivity contribution >= 4 is 22.5 Å². The molecule has 0 saturated carbocycles. The fourth-order valence-corrected chi connectivity index (χ4v) is 2.79. The number of thioether (sulfide) groups is 1. The lowest BCUT2D eigenvalue weighted by molar-refractivity contribution is 1.27. The Kier molecular flexibility index (Phi) is 3.97. The zero-order chi connectivity index (χ0) is 13.1. The summed E-state index contributed by atoms with van der Waals surface area (Å²) in [5.74, 6) is 0.973. The fourth-order valence-electron chi connectivity index (χ4n) is 1.94. The van der Waals surface area contributed by atoms with Crippen LogP contribution in [-0.4, -0.2) is 0 Å². The Bertz CT molecular complexity index is 595. The molecular weight excluding hydrogens is 238 g/mol. The van der Waals surface area contributed by atoms with E-state index in [1.807, 2.05) is 18.7 Å². The van der Waals surface area contributed by atoms with E-state index in [-0.39, 0.29) is 0 Å². The van der Waals surface area contributed by atoms with Crippen LogP contribution in [0.15, 0.2) is 47.0 Å². The molecule has 0 heterocycles. The van der Waals surface area contributed by atoms with Gasteiger partial charge >= 0.3 is 0 Å². The van der Waals surface area contributed by atoms with Gasteiger partial charge < -0.3 is 5.73 Å². The van der Waals surface area contributed by atoms with Crippen LogP contribution in [0.3, 0.4) is 0 Å². The zero-order valence-corrected chi connectivity index (χ0v) is 12.0. The minimum absolute atomic E-state index is 0.913. The number of allylic oxidation sites excluding steroid dienone is 2. The first kappa shape index (κ1) is 13.0. The molecule has 0 amide bonds. The molecule has 0 aromatic heterocycles. The normalized spacial score (nSPS) is 12.6. The SMILES string of the molecule is C/C(N)=C(\C)SCc1ccc(C)c2ccccc12. The van der Waals surface area contributed by atoms with Gasteiger partial charge in [-0.2, -0.15) is 0 Å². The second-order valence-corrected chi connectivity index (χ2v) is 5.80. The number of benzene rings is 2. The Balaban J connectivity index is 2.35. The topological polar surface area (TPSA) is 26.0 Å². The molecule has 2 aromatic carbocycles. The minimum atomic E-state index is 0.913. The number of aryl methyl sites for hydroxylation is 1. The van der Waals surface area contributed by atoms with Crippen molar-refractivity contribution in [2.45, 2.75) is 26.5 Å². The lowest BCUT2D eigenvalue weighted by Crippen LogP contribution is -1.94. The molecule has 0 radical (unpaired) electrons. The van der Waals surface area contributed by atoms with Crippen molar-refractivity contribution in [2.24, 2.45) is 5.73 Å².